The molecule has 1 aliphatic carbocycles. The highest BCUT2D eigenvalue weighted by molar-refractivity contribution is 8.15. The van der Waals surface area contributed by atoms with Gasteiger partial charge in [0.05, 0.1) is 17.5 Å². The van der Waals surface area contributed by atoms with Gasteiger partial charge in [0.15, 0.2) is 5.17 Å². The van der Waals surface area contributed by atoms with E-state index in [1.807, 2.05) is 13.8 Å². The third kappa shape index (κ3) is 6.11. The van der Waals surface area contributed by atoms with Crippen LogP contribution in [0.4, 0.5) is 10.1 Å². The summed E-state index contributed by atoms with van der Waals surface area (Å²) in [6.07, 6.45) is 6.53. The lowest BCUT2D eigenvalue weighted by atomic mass is 10.2. The molecule has 1 N–H and O–H groups in total. The van der Waals surface area contributed by atoms with Crippen LogP contribution in [-0.4, -0.2) is 34.9 Å². The first-order valence-corrected chi connectivity index (χ1v) is 13.0. The van der Waals surface area contributed by atoms with E-state index in [0.29, 0.717) is 35.2 Å². The summed E-state index contributed by atoms with van der Waals surface area (Å²) in [4.78, 5) is 32.6. The maximum Gasteiger partial charge on any atom is 0.283 e. The average molecular weight is 496 g/mol. The van der Waals surface area contributed by atoms with Crippen LogP contribution in [0, 0.1) is 5.82 Å². The van der Waals surface area contributed by atoms with Crippen molar-refractivity contribution in [2.75, 3.05) is 11.5 Å². The number of halogens is 1. The van der Waals surface area contributed by atoms with Crippen LogP contribution < -0.4 is 15.0 Å². The average Bonchev–Trinajstić information content (AvgIpc) is 3.47. The van der Waals surface area contributed by atoms with Crippen molar-refractivity contribution in [2.45, 2.75) is 57.2 Å². The van der Waals surface area contributed by atoms with Crippen molar-refractivity contribution in [2.24, 2.45) is 4.99 Å². The van der Waals surface area contributed by atoms with Crippen LogP contribution in [-0.2, 0) is 9.59 Å². The number of nitrogens with one attached hydrogen (secondary N) is 1. The van der Waals surface area contributed by atoms with Gasteiger partial charge in [-0.3, -0.25) is 14.5 Å². The molecule has 0 unspecified atom stereocenters. The molecule has 2 amide bonds. The maximum atomic E-state index is 13.4. The first-order chi connectivity index (χ1) is 17.0. The molecule has 2 aromatic carbocycles. The molecule has 0 spiro atoms. The smallest absolute Gasteiger partial charge is 0.283 e. The number of aliphatic imine (C=N–C) groups is 1. The zero-order chi connectivity index (χ0) is 24.8. The molecule has 4 rings (SSSR count). The summed E-state index contributed by atoms with van der Waals surface area (Å²) in [5.74, 6) is 0.0346. The summed E-state index contributed by atoms with van der Waals surface area (Å²) in [6, 6.07) is 13.3. The third-order valence-corrected chi connectivity index (χ3v) is 7.34. The Bertz CT molecular complexity index is 1110. The second-order valence-corrected chi connectivity index (χ2v) is 9.72. The number of nitrogens with zero attached hydrogens (tertiary/aromatic N) is 2. The van der Waals surface area contributed by atoms with E-state index in [2.05, 4.69) is 10.3 Å². The Hall–Kier alpha value is -3.13. The van der Waals surface area contributed by atoms with Gasteiger partial charge in [-0.2, -0.15) is 0 Å². The number of benzene rings is 2. The number of carbonyl (C=O) groups is 2. The Kier molecular flexibility index (Phi) is 8.23. The molecule has 6 nitrogen and oxygen atoms in total. The van der Waals surface area contributed by atoms with E-state index in [9.17, 15) is 14.0 Å². The van der Waals surface area contributed by atoms with E-state index < -0.39 is 0 Å². The van der Waals surface area contributed by atoms with Gasteiger partial charge in [-0.1, -0.05) is 43.7 Å². The van der Waals surface area contributed by atoms with Crippen molar-refractivity contribution in [3.05, 3.63) is 65.6 Å². The first kappa shape index (κ1) is 25.0. The van der Waals surface area contributed by atoms with Gasteiger partial charge in [0.2, 0.25) is 5.91 Å². The summed E-state index contributed by atoms with van der Waals surface area (Å²) in [7, 11) is 0. The van der Waals surface area contributed by atoms with Gasteiger partial charge in [-0.25, -0.2) is 9.38 Å². The minimum Gasteiger partial charge on any atom is -0.494 e. The van der Waals surface area contributed by atoms with Crippen LogP contribution in [0.3, 0.4) is 0 Å². The number of carbonyl (C=O) groups excluding carboxylic acids is 2. The van der Waals surface area contributed by atoms with Crippen molar-refractivity contribution in [3.63, 3.8) is 0 Å². The van der Waals surface area contributed by atoms with Crippen molar-refractivity contribution < 1.29 is 18.7 Å². The Morgan fingerprint density at radius 2 is 1.86 bits per heavy atom. The molecule has 0 saturated heterocycles. The molecule has 184 valence electrons. The molecule has 1 atom stereocenters. The minimum atomic E-state index is -0.377. The molecular formula is C27H30FN3O3S. The number of amidine groups is 1. The Balaban J connectivity index is 1.62. The third-order valence-electron chi connectivity index (χ3n) is 6.02. The highest BCUT2D eigenvalue weighted by Gasteiger charge is 2.35. The first-order valence-electron chi connectivity index (χ1n) is 12.1. The highest BCUT2D eigenvalue weighted by atomic mass is 32.2. The van der Waals surface area contributed by atoms with Crippen LogP contribution in [0.5, 0.6) is 5.75 Å². The lowest BCUT2D eigenvalue weighted by molar-refractivity contribution is -0.121. The van der Waals surface area contributed by atoms with E-state index in [1.165, 1.54) is 28.8 Å². The number of hydrogen-bond acceptors (Lipinski definition) is 5. The summed E-state index contributed by atoms with van der Waals surface area (Å²) in [5.41, 5.74) is 1.54. The standard InChI is InChI=1S/C27H30FN3O3S/c1-3-24(25(32)29-20-7-5-6-8-20)35-27-30-23(17-18-9-11-19(28)12-10-18)26(33)31(27)21-13-15-22(16-14-21)34-4-2/h9-17,20,24H,3-8H2,1-2H3,(H,29,32)/b23-17+/t24-/m0/s1. The molecule has 1 heterocycles. The number of anilines is 1. The van der Waals surface area contributed by atoms with Crippen molar-refractivity contribution in [1.82, 2.24) is 5.32 Å². The SMILES string of the molecule is CCOc1ccc(N2C(=O)/C(=C\c3ccc(F)cc3)N=C2S[C@@H](CC)C(=O)NC2CCCC2)cc1. The van der Waals surface area contributed by atoms with Crippen molar-refractivity contribution in [3.8, 4) is 5.75 Å². The monoisotopic (exact) mass is 495 g/mol. The van der Waals surface area contributed by atoms with E-state index in [1.54, 1.807) is 42.5 Å². The van der Waals surface area contributed by atoms with Crippen LogP contribution in [0.2, 0.25) is 0 Å². The highest BCUT2D eigenvalue weighted by Crippen LogP contribution is 2.33. The summed E-state index contributed by atoms with van der Waals surface area (Å²) in [6.45, 7) is 4.41. The molecule has 8 heteroatoms. The largest absolute Gasteiger partial charge is 0.494 e. The lowest BCUT2D eigenvalue weighted by Crippen LogP contribution is -2.40. The molecule has 1 fully saturated rings. The van der Waals surface area contributed by atoms with Gasteiger partial charge in [-0.05, 0) is 74.2 Å². The second kappa shape index (κ2) is 11.5. The minimum absolute atomic E-state index is 0.0258. The van der Waals surface area contributed by atoms with Crippen molar-refractivity contribution in [1.29, 1.82) is 0 Å². The molecule has 1 aliphatic heterocycles. The van der Waals surface area contributed by atoms with Gasteiger partial charge in [0.25, 0.3) is 5.91 Å². The van der Waals surface area contributed by atoms with Gasteiger partial charge in [0.1, 0.15) is 17.3 Å². The molecule has 35 heavy (non-hydrogen) atoms. The van der Waals surface area contributed by atoms with E-state index in [-0.39, 0.29) is 34.6 Å². The van der Waals surface area contributed by atoms with Crippen LogP contribution >= 0.6 is 11.8 Å². The Morgan fingerprint density at radius 3 is 2.49 bits per heavy atom. The topological polar surface area (TPSA) is 71.0 Å². The fourth-order valence-electron chi connectivity index (χ4n) is 4.19. The molecule has 1 saturated carbocycles. The Labute approximate surface area is 209 Å². The van der Waals surface area contributed by atoms with Crippen LogP contribution in [0.15, 0.2) is 59.2 Å². The Morgan fingerprint density at radius 1 is 1.17 bits per heavy atom. The predicted molar refractivity (Wildman–Crippen MR) is 139 cm³/mol. The van der Waals surface area contributed by atoms with E-state index in [4.69, 9.17) is 4.74 Å². The number of rotatable bonds is 8. The number of ether oxygens (including phenoxy) is 1. The van der Waals surface area contributed by atoms with E-state index in [0.717, 1.165) is 25.7 Å². The molecule has 2 aromatic rings. The molecule has 0 radical (unpaired) electrons. The van der Waals surface area contributed by atoms with Crippen LogP contribution in [0.25, 0.3) is 6.08 Å². The van der Waals surface area contributed by atoms with E-state index >= 15 is 0 Å². The predicted octanol–water partition coefficient (Wildman–Crippen LogP) is 5.54. The zero-order valence-electron chi connectivity index (χ0n) is 20.0. The van der Waals surface area contributed by atoms with Gasteiger partial charge in [-0.15, -0.1) is 0 Å². The summed E-state index contributed by atoms with van der Waals surface area (Å²) < 4.78 is 18.9. The maximum absolute atomic E-state index is 13.4. The van der Waals surface area contributed by atoms with Crippen LogP contribution in [0.1, 0.15) is 51.5 Å². The quantitative estimate of drug-likeness (QED) is 0.488. The second-order valence-electron chi connectivity index (χ2n) is 8.55. The van der Waals surface area contributed by atoms with Gasteiger partial charge >= 0.3 is 0 Å². The number of thioether (sulfide) groups is 1. The number of hydrogen-bond donors (Lipinski definition) is 1. The van der Waals surface area contributed by atoms with Gasteiger partial charge in [0, 0.05) is 6.04 Å². The van der Waals surface area contributed by atoms with Crippen molar-refractivity contribution >= 4 is 40.5 Å². The van der Waals surface area contributed by atoms with Gasteiger partial charge < -0.3 is 10.1 Å². The molecule has 2 aliphatic rings. The fraction of sp³-hybridized carbons (Fsp3) is 0.370. The molecule has 0 aromatic heterocycles. The zero-order valence-corrected chi connectivity index (χ0v) is 20.8. The normalized spacial score (nSPS) is 18.1. The number of amides is 2. The molecular weight excluding hydrogens is 465 g/mol. The summed E-state index contributed by atoms with van der Waals surface area (Å²) in [5, 5.41) is 3.23. The molecule has 0 bridgehead atoms. The lowest BCUT2D eigenvalue weighted by Gasteiger charge is -2.22. The fourth-order valence-corrected chi connectivity index (χ4v) is 5.23. The summed E-state index contributed by atoms with van der Waals surface area (Å²) >= 11 is 1.29.